The van der Waals surface area contributed by atoms with E-state index in [1.165, 1.54) is 5.56 Å². The van der Waals surface area contributed by atoms with E-state index in [-0.39, 0.29) is 5.76 Å². The third-order valence-electron chi connectivity index (χ3n) is 3.60. The molecule has 1 aromatic carbocycles. The predicted molar refractivity (Wildman–Crippen MR) is 82.0 cm³/mol. The third-order valence-corrected chi connectivity index (χ3v) is 3.60. The Balaban J connectivity index is 2.41. The molecule has 0 aliphatic rings. The van der Waals surface area contributed by atoms with E-state index in [1.807, 2.05) is 19.2 Å². The zero-order valence-electron chi connectivity index (χ0n) is 12.8. The molecule has 4 nitrogen and oxygen atoms in total. The van der Waals surface area contributed by atoms with Gasteiger partial charge in [-0.2, -0.15) is 0 Å². The van der Waals surface area contributed by atoms with Crippen LogP contribution in [-0.2, 0) is 6.54 Å². The van der Waals surface area contributed by atoms with Crippen molar-refractivity contribution < 1.29 is 4.42 Å². The van der Waals surface area contributed by atoms with Gasteiger partial charge in [0.25, 0.3) is 0 Å². The van der Waals surface area contributed by atoms with Crippen LogP contribution < -0.4 is 11.1 Å². The standard InChI is InChI=1S/C16H24N2O2/c1-5-8-18-14-7-6-12(10-15(14)20-16(18)19)13(17-4)9-11(2)3/h6-7,10-11,13,17H,5,8-9H2,1-4H3. The molecule has 0 saturated heterocycles. The number of hydrogen-bond acceptors (Lipinski definition) is 3. The Morgan fingerprint density at radius 2 is 2.10 bits per heavy atom. The molecule has 0 radical (unpaired) electrons. The van der Waals surface area contributed by atoms with Crippen LogP contribution >= 0.6 is 0 Å². The van der Waals surface area contributed by atoms with E-state index in [0.29, 0.717) is 24.1 Å². The first-order valence-corrected chi connectivity index (χ1v) is 7.37. The number of oxazole rings is 1. The Hall–Kier alpha value is -1.55. The van der Waals surface area contributed by atoms with E-state index in [9.17, 15) is 4.79 Å². The highest BCUT2D eigenvalue weighted by molar-refractivity contribution is 5.73. The molecule has 2 aromatic rings. The van der Waals surface area contributed by atoms with Crippen molar-refractivity contribution in [1.82, 2.24) is 9.88 Å². The quantitative estimate of drug-likeness (QED) is 0.880. The van der Waals surface area contributed by atoms with Crippen LogP contribution in [0.5, 0.6) is 0 Å². The minimum atomic E-state index is -0.260. The van der Waals surface area contributed by atoms with Crippen LogP contribution in [0.4, 0.5) is 0 Å². The average molecular weight is 276 g/mol. The SMILES string of the molecule is CCCn1c(=O)oc2cc(C(CC(C)C)NC)ccc21. The smallest absolute Gasteiger partial charge is 0.408 e. The van der Waals surface area contributed by atoms with Crippen LogP contribution in [0.2, 0.25) is 0 Å². The van der Waals surface area contributed by atoms with Gasteiger partial charge in [0.15, 0.2) is 5.58 Å². The number of benzene rings is 1. The molecule has 0 aliphatic carbocycles. The molecule has 0 fully saturated rings. The van der Waals surface area contributed by atoms with Gasteiger partial charge in [0.2, 0.25) is 0 Å². The predicted octanol–water partition coefficient (Wildman–Crippen LogP) is 3.31. The number of nitrogens with zero attached hydrogens (tertiary/aromatic N) is 1. The van der Waals surface area contributed by atoms with Gasteiger partial charge < -0.3 is 9.73 Å². The van der Waals surface area contributed by atoms with Crippen LogP contribution in [0.3, 0.4) is 0 Å². The summed E-state index contributed by atoms with van der Waals surface area (Å²) in [4.78, 5) is 11.8. The van der Waals surface area contributed by atoms with Crippen molar-refractivity contribution in [3.8, 4) is 0 Å². The molecule has 2 rings (SSSR count). The van der Waals surface area contributed by atoms with Crippen LogP contribution in [-0.4, -0.2) is 11.6 Å². The topological polar surface area (TPSA) is 47.2 Å². The van der Waals surface area contributed by atoms with Crippen LogP contribution in [0.25, 0.3) is 11.1 Å². The minimum absolute atomic E-state index is 0.260. The summed E-state index contributed by atoms with van der Waals surface area (Å²) in [5, 5.41) is 3.33. The molecule has 1 N–H and O–H groups in total. The molecule has 1 unspecified atom stereocenters. The largest absolute Gasteiger partial charge is 0.419 e. The van der Waals surface area contributed by atoms with E-state index in [2.05, 4.69) is 32.2 Å². The van der Waals surface area contributed by atoms with Crippen molar-refractivity contribution in [1.29, 1.82) is 0 Å². The number of aromatic nitrogens is 1. The lowest BCUT2D eigenvalue weighted by atomic mass is 9.97. The van der Waals surface area contributed by atoms with E-state index < -0.39 is 0 Å². The molecule has 1 aromatic heterocycles. The Morgan fingerprint density at radius 1 is 1.35 bits per heavy atom. The second kappa shape index (κ2) is 6.27. The lowest BCUT2D eigenvalue weighted by Crippen LogP contribution is -2.18. The number of aryl methyl sites for hydroxylation is 1. The highest BCUT2D eigenvalue weighted by Crippen LogP contribution is 2.24. The Bertz CT molecular complexity index is 625. The van der Waals surface area contributed by atoms with Crippen molar-refractivity contribution in [3.05, 3.63) is 34.3 Å². The van der Waals surface area contributed by atoms with Crippen molar-refractivity contribution in [2.75, 3.05) is 7.05 Å². The molecule has 0 bridgehead atoms. The average Bonchev–Trinajstić information content (AvgIpc) is 2.72. The summed E-state index contributed by atoms with van der Waals surface area (Å²) >= 11 is 0. The molecular weight excluding hydrogens is 252 g/mol. The summed E-state index contributed by atoms with van der Waals surface area (Å²) in [6.45, 7) is 7.17. The molecule has 4 heteroatoms. The summed E-state index contributed by atoms with van der Waals surface area (Å²) in [7, 11) is 1.97. The molecule has 0 aliphatic heterocycles. The molecule has 1 atom stereocenters. The fraction of sp³-hybridized carbons (Fsp3) is 0.562. The normalized spacial score (nSPS) is 13.2. The summed E-state index contributed by atoms with van der Waals surface area (Å²) in [5.41, 5.74) is 2.75. The Morgan fingerprint density at radius 3 is 2.70 bits per heavy atom. The van der Waals surface area contributed by atoms with Crippen LogP contribution in [0.15, 0.2) is 27.4 Å². The van der Waals surface area contributed by atoms with Gasteiger partial charge in [-0.05, 0) is 43.5 Å². The lowest BCUT2D eigenvalue weighted by molar-refractivity contribution is 0.456. The molecule has 110 valence electrons. The second-order valence-electron chi connectivity index (χ2n) is 5.72. The molecule has 0 spiro atoms. The number of hydrogen-bond donors (Lipinski definition) is 1. The summed E-state index contributed by atoms with van der Waals surface area (Å²) in [5.74, 6) is 0.351. The molecule has 0 amide bonds. The zero-order valence-corrected chi connectivity index (χ0v) is 12.8. The van der Waals surface area contributed by atoms with Crippen molar-refractivity contribution >= 4 is 11.1 Å². The highest BCUT2D eigenvalue weighted by atomic mass is 16.4. The number of nitrogens with one attached hydrogen (secondary N) is 1. The highest BCUT2D eigenvalue weighted by Gasteiger charge is 2.14. The van der Waals surface area contributed by atoms with Gasteiger partial charge in [-0.3, -0.25) is 4.57 Å². The van der Waals surface area contributed by atoms with Crippen LogP contribution in [0.1, 0.15) is 45.2 Å². The fourth-order valence-corrected chi connectivity index (χ4v) is 2.63. The van der Waals surface area contributed by atoms with Gasteiger partial charge >= 0.3 is 5.76 Å². The van der Waals surface area contributed by atoms with E-state index in [4.69, 9.17) is 4.42 Å². The summed E-state index contributed by atoms with van der Waals surface area (Å²) in [6.07, 6.45) is 1.98. The fourth-order valence-electron chi connectivity index (χ4n) is 2.63. The molecule has 0 saturated carbocycles. The monoisotopic (exact) mass is 276 g/mol. The van der Waals surface area contributed by atoms with Crippen molar-refractivity contribution in [2.24, 2.45) is 5.92 Å². The van der Waals surface area contributed by atoms with Gasteiger partial charge in [0.05, 0.1) is 5.52 Å². The van der Waals surface area contributed by atoms with Crippen molar-refractivity contribution in [2.45, 2.75) is 46.2 Å². The first-order chi connectivity index (χ1) is 9.56. The second-order valence-corrected chi connectivity index (χ2v) is 5.72. The van der Waals surface area contributed by atoms with Crippen molar-refractivity contribution in [3.63, 3.8) is 0 Å². The first-order valence-electron chi connectivity index (χ1n) is 7.37. The third kappa shape index (κ3) is 2.96. The Kier molecular flexibility index (Phi) is 4.65. The van der Waals surface area contributed by atoms with E-state index >= 15 is 0 Å². The maximum atomic E-state index is 11.8. The maximum absolute atomic E-state index is 11.8. The first kappa shape index (κ1) is 14.9. The lowest BCUT2D eigenvalue weighted by Gasteiger charge is -2.18. The van der Waals surface area contributed by atoms with Gasteiger partial charge in [-0.1, -0.05) is 26.8 Å². The summed E-state index contributed by atoms with van der Waals surface area (Å²) in [6, 6.07) is 6.37. The molecule has 20 heavy (non-hydrogen) atoms. The molecule has 1 heterocycles. The van der Waals surface area contributed by atoms with Gasteiger partial charge in [-0.25, -0.2) is 4.79 Å². The van der Waals surface area contributed by atoms with E-state index in [0.717, 1.165) is 18.4 Å². The zero-order chi connectivity index (χ0) is 14.7. The minimum Gasteiger partial charge on any atom is -0.408 e. The maximum Gasteiger partial charge on any atom is 0.419 e. The van der Waals surface area contributed by atoms with E-state index in [1.54, 1.807) is 4.57 Å². The number of rotatable bonds is 6. The summed E-state index contributed by atoms with van der Waals surface area (Å²) < 4.78 is 7.08. The Labute approximate surface area is 119 Å². The van der Waals surface area contributed by atoms with Gasteiger partial charge in [0, 0.05) is 12.6 Å². The molecular formula is C16H24N2O2. The van der Waals surface area contributed by atoms with Gasteiger partial charge in [-0.15, -0.1) is 0 Å². The van der Waals surface area contributed by atoms with Gasteiger partial charge in [0.1, 0.15) is 0 Å². The number of fused-ring (bicyclic) bond motifs is 1. The van der Waals surface area contributed by atoms with Crippen LogP contribution in [0, 0.1) is 5.92 Å².